The number of aromatic nitrogens is 1. The fourth-order valence-corrected chi connectivity index (χ4v) is 2.05. The Hall–Kier alpha value is -2.08. The number of para-hydroxylation sites is 1. The number of hydrogen-bond acceptors (Lipinski definition) is 4. The third kappa shape index (κ3) is 5.04. The van der Waals surface area contributed by atoms with Crippen molar-refractivity contribution in [3.8, 4) is 0 Å². The summed E-state index contributed by atoms with van der Waals surface area (Å²) in [7, 11) is 0. The van der Waals surface area contributed by atoms with Crippen LogP contribution in [0, 0.1) is 0 Å². The van der Waals surface area contributed by atoms with Gasteiger partial charge in [0, 0.05) is 4.47 Å². The van der Waals surface area contributed by atoms with Crippen molar-refractivity contribution in [3.05, 3.63) is 47.1 Å². The topological polar surface area (TPSA) is 63.2 Å². The Kier molecular flexibility index (Phi) is 5.03. The zero-order valence-corrected chi connectivity index (χ0v) is 14.3. The molecule has 0 aliphatic rings. The van der Waals surface area contributed by atoms with E-state index in [1.165, 1.54) is 0 Å². The monoisotopic (exact) mass is 363 g/mol. The van der Waals surface area contributed by atoms with Crippen LogP contribution in [0.2, 0.25) is 0 Å². The molecule has 0 saturated carbocycles. The summed E-state index contributed by atoms with van der Waals surface area (Å²) < 4.78 is 6.14. The number of carbonyl (C=O) groups is 1. The second-order valence-electron chi connectivity index (χ2n) is 5.66. The first-order valence-corrected chi connectivity index (χ1v) is 7.60. The highest BCUT2D eigenvalue weighted by molar-refractivity contribution is 9.10. The van der Waals surface area contributed by atoms with Gasteiger partial charge in [0.25, 0.3) is 0 Å². The van der Waals surface area contributed by atoms with Gasteiger partial charge in [0.05, 0.1) is 17.6 Å². The molecule has 0 fully saturated rings. The molecule has 0 spiro atoms. The Bertz CT molecular complexity index is 651. The number of nitrogens with zero attached hydrogens (tertiary/aromatic N) is 1. The maximum atomic E-state index is 11.7. The molecule has 0 bridgehead atoms. The molecule has 2 rings (SSSR count). The van der Waals surface area contributed by atoms with E-state index in [-0.39, 0.29) is 0 Å². The number of ether oxygens (including phenoxy) is 1. The van der Waals surface area contributed by atoms with Crippen molar-refractivity contribution in [2.24, 2.45) is 0 Å². The standard InChI is InChI=1S/C16H18BrN3O2/c1-16(2,3)22-15(21)19-11-8-9-14(18-10-11)20-13-7-5-4-6-12(13)17/h4-10H,1-3H3,(H,18,20)(H,19,21). The van der Waals surface area contributed by atoms with E-state index in [0.29, 0.717) is 11.5 Å². The van der Waals surface area contributed by atoms with E-state index in [2.05, 4.69) is 31.5 Å². The van der Waals surface area contributed by atoms with Crippen LogP contribution in [-0.4, -0.2) is 16.7 Å². The average Bonchev–Trinajstić information content (AvgIpc) is 2.41. The average molecular weight is 364 g/mol. The number of amides is 1. The predicted octanol–water partition coefficient (Wildman–Crippen LogP) is 4.93. The maximum absolute atomic E-state index is 11.7. The molecule has 1 amide bonds. The lowest BCUT2D eigenvalue weighted by Crippen LogP contribution is -2.27. The zero-order valence-electron chi connectivity index (χ0n) is 12.7. The third-order valence-electron chi connectivity index (χ3n) is 2.55. The molecular weight excluding hydrogens is 346 g/mol. The molecule has 0 saturated heterocycles. The van der Waals surface area contributed by atoms with Gasteiger partial charge in [-0.1, -0.05) is 12.1 Å². The minimum atomic E-state index is -0.529. The van der Waals surface area contributed by atoms with E-state index in [1.54, 1.807) is 18.3 Å². The van der Waals surface area contributed by atoms with Crippen molar-refractivity contribution in [2.75, 3.05) is 10.6 Å². The highest BCUT2D eigenvalue weighted by atomic mass is 79.9. The van der Waals surface area contributed by atoms with E-state index in [0.717, 1.165) is 10.2 Å². The van der Waals surface area contributed by atoms with Crippen LogP contribution in [0.15, 0.2) is 47.1 Å². The van der Waals surface area contributed by atoms with Crippen LogP contribution in [-0.2, 0) is 4.74 Å². The Balaban J connectivity index is 1.99. The van der Waals surface area contributed by atoms with E-state index < -0.39 is 11.7 Å². The molecule has 0 unspecified atom stereocenters. The number of anilines is 3. The highest BCUT2D eigenvalue weighted by Gasteiger charge is 2.16. The number of nitrogens with one attached hydrogen (secondary N) is 2. The Morgan fingerprint density at radius 1 is 1.18 bits per heavy atom. The largest absolute Gasteiger partial charge is 0.444 e. The lowest BCUT2D eigenvalue weighted by Gasteiger charge is -2.19. The molecule has 5 nitrogen and oxygen atoms in total. The van der Waals surface area contributed by atoms with E-state index in [1.807, 2.05) is 45.0 Å². The highest BCUT2D eigenvalue weighted by Crippen LogP contribution is 2.24. The summed E-state index contributed by atoms with van der Waals surface area (Å²) in [4.78, 5) is 15.9. The molecule has 116 valence electrons. The third-order valence-corrected chi connectivity index (χ3v) is 3.24. The van der Waals surface area contributed by atoms with Crippen molar-refractivity contribution in [1.29, 1.82) is 0 Å². The van der Waals surface area contributed by atoms with Gasteiger partial charge in [-0.25, -0.2) is 9.78 Å². The van der Waals surface area contributed by atoms with Crippen LogP contribution in [0.4, 0.5) is 22.0 Å². The fraction of sp³-hybridized carbons (Fsp3) is 0.250. The number of benzene rings is 1. The first kappa shape index (κ1) is 16.3. The molecule has 2 N–H and O–H groups in total. The van der Waals surface area contributed by atoms with E-state index >= 15 is 0 Å². The minimum absolute atomic E-state index is 0.499. The lowest BCUT2D eigenvalue weighted by molar-refractivity contribution is 0.0636. The second kappa shape index (κ2) is 6.79. The molecule has 0 aliphatic heterocycles. The Morgan fingerprint density at radius 3 is 2.50 bits per heavy atom. The van der Waals surface area contributed by atoms with Crippen LogP contribution < -0.4 is 10.6 Å². The number of rotatable bonds is 3. The first-order valence-electron chi connectivity index (χ1n) is 6.81. The maximum Gasteiger partial charge on any atom is 0.412 e. The Morgan fingerprint density at radius 2 is 1.91 bits per heavy atom. The summed E-state index contributed by atoms with van der Waals surface area (Å²) in [5.74, 6) is 0.682. The molecule has 2 aromatic rings. The van der Waals surface area contributed by atoms with E-state index in [9.17, 15) is 4.79 Å². The van der Waals surface area contributed by atoms with Crippen molar-refractivity contribution in [1.82, 2.24) is 4.98 Å². The summed E-state index contributed by atoms with van der Waals surface area (Å²) in [5, 5.41) is 5.83. The van der Waals surface area contributed by atoms with Gasteiger partial charge in [-0.05, 0) is 61.0 Å². The van der Waals surface area contributed by atoms with Crippen LogP contribution in [0.1, 0.15) is 20.8 Å². The first-order chi connectivity index (χ1) is 10.3. The lowest BCUT2D eigenvalue weighted by atomic mass is 10.2. The number of hydrogen-bond donors (Lipinski definition) is 2. The molecular formula is C16H18BrN3O2. The zero-order chi connectivity index (χ0) is 16.2. The van der Waals surface area contributed by atoms with Crippen molar-refractivity contribution >= 4 is 39.2 Å². The van der Waals surface area contributed by atoms with Gasteiger partial charge in [0.15, 0.2) is 0 Å². The number of pyridine rings is 1. The molecule has 0 aliphatic carbocycles. The number of halogens is 1. The van der Waals surface area contributed by atoms with Gasteiger partial charge in [-0.3, -0.25) is 5.32 Å². The minimum Gasteiger partial charge on any atom is -0.444 e. The second-order valence-corrected chi connectivity index (χ2v) is 6.52. The molecule has 22 heavy (non-hydrogen) atoms. The van der Waals surface area contributed by atoms with Gasteiger partial charge in [-0.15, -0.1) is 0 Å². The summed E-state index contributed by atoms with van der Waals surface area (Å²) in [6, 6.07) is 11.3. The molecule has 1 aromatic carbocycles. The molecule has 1 aromatic heterocycles. The van der Waals surface area contributed by atoms with Crippen LogP contribution in [0.25, 0.3) is 0 Å². The van der Waals surface area contributed by atoms with Gasteiger partial charge in [0.2, 0.25) is 0 Å². The van der Waals surface area contributed by atoms with Gasteiger partial charge in [-0.2, -0.15) is 0 Å². The Labute approximate surface area is 138 Å². The molecule has 1 heterocycles. The van der Waals surface area contributed by atoms with Crippen molar-refractivity contribution in [3.63, 3.8) is 0 Å². The fourth-order valence-electron chi connectivity index (χ4n) is 1.66. The summed E-state index contributed by atoms with van der Waals surface area (Å²) >= 11 is 3.47. The SMILES string of the molecule is CC(C)(C)OC(=O)Nc1ccc(Nc2ccccc2Br)nc1. The van der Waals surface area contributed by atoms with Crippen LogP contribution >= 0.6 is 15.9 Å². The summed E-state index contributed by atoms with van der Waals surface area (Å²) in [6.45, 7) is 5.45. The smallest absolute Gasteiger partial charge is 0.412 e. The van der Waals surface area contributed by atoms with Crippen LogP contribution in [0.5, 0.6) is 0 Å². The van der Waals surface area contributed by atoms with Crippen LogP contribution in [0.3, 0.4) is 0 Å². The summed E-state index contributed by atoms with van der Waals surface area (Å²) in [5.41, 5.74) is 0.966. The van der Waals surface area contributed by atoms with Gasteiger partial charge < -0.3 is 10.1 Å². The molecule has 6 heteroatoms. The molecule has 0 radical (unpaired) electrons. The van der Waals surface area contributed by atoms with Gasteiger partial charge in [0.1, 0.15) is 11.4 Å². The normalized spacial score (nSPS) is 10.9. The van der Waals surface area contributed by atoms with Crippen molar-refractivity contribution in [2.45, 2.75) is 26.4 Å². The van der Waals surface area contributed by atoms with Crippen molar-refractivity contribution < 1.29 is 9.53 Å². The van der Waals surface area contributed by atoms with E-state index in [4.69, 9.17) is 4.74 Å². The van der Waals surface area contributed by atoms with Gasteiger partial charge >= 0.3 is 6.09 Å². The molecule has 0 atom stereocenters. The predicted molar refractivity (Wildman–Crippen MR) is 91.5 cm³/mol. The quantitative estimate of drug-likeness (QED) is 0.810. The summed E-state index contributed by atoms with van der Waals surface area (Å²) in [6.07, 6.45) is 1.07. The number of carbonyl (C=O) groups excluding carboxylic acids is 1.